The molecule has 120 heavy (non-hydrogen) atoms. The molecule has 0 atom stereocenters. The Morgan fingerprint density at radius 2 is 0.508 bits per heavy atom. The van der Waals surface area contributed by atoms with E-state index in [1.54, 1.807) is 0 Å². The Hall–Kier alpha value is -15.7. The summed E-state index contributed by atoms with van der Waals surface area (Å²) in [5.41, 5.74) is 17.2. The molecule has 16 aromatic carbocycles. The smallest absolute Gasteiger partial charge is 0.239 e. The molecule has 0 radical (unpaired) electrons. The molecule has 0 fully saturated rings. The van der Waals surface area contributed by atoms with Gasteiger partial charge >= 0.3 is 0 Å². The Labute approximate surface area is 691 Å². The maximum Gasteiger partial charge on any atom is 0.239 e. The van der Waals surface area contributed by atoms with Crippen molar-refractivity contribution in [1.82, 2.24) is 57.0 Å². The third kappa shape index (κ3) is 10.5. The van der Waals surface area contributed by atoms with Gasteiger partial charge in [-0.3, -0.25) is 22.5 Å². The van der Waals surface area contributed by atoms with Crippen LogP contribution in [0.15, 0.2) is 425 Å². The average Bonchev–Trinajstić information content (AvgIpc) is 1.52. The second kappa shape index (κ2) is 27.5. The molecule has 0 N–H and O–H groups in total. The predicted octanol–water partition coefficient (Wildman–Crippen LogP) is 18.7. The van der Waals surface area contributed by atoms with Crippen molar-refractivity contribution in [3.63, 3.8) is 0 Å². The largest absolute Gasteiger partial charge is 0.294 e. The maximum atomic E-state index is 5.78. The predicted molar refractivity (Wildman–Crippen MR) is 496 cm³/mol. The van der Waals surface area contributed by atoms with Crippen molar-refractivity contribution in [3.05, 3.63) is 425 Å². The number of nitrogens with zero attached hydrogens (tertiary/aromatic N) is 12. The molecule has 12 nitrogen and oxygen atoms in total. The first kappa shape index (κ1) is 68.6. The van der Waals surface area contributed by atoms with E-state index in [0.29, 0.717) is 23.5 Å². The number of para-hydroxylation sites is 9. The van der Waals surface area contributed by atoms with E-state index < -0.39 is 16.1 Å². The van der Waals surface area contributed by atoms with Gasteiger partial charge in [-0.1, -0.05) is 334 Å². The van der Waals surface area contributed by atoms with Gasteiger partial charge in [-0.25, -0.2) is 24.5 Å². The average molecular weight is 1570 g/mol. The molecule has 14 heteroatoms. The van der Waals surface area contributed by atoms with Gasteiger partial charge in [-0.15, -0.1) is 0 Å². The monoisotopic (exact) mass is 1570 g/mol. The van der Waals surface area contributed by atoms with Gasteiger partial charge in [0.05, 0.1) is 77.6 Å². The van der Waals surface area contributed by atoms with E-state index in [2.05, 4.69) is 446 Å². The fraction of sp³-hybridized carbons (Fsp3) is 0. The van der Waals surface area contributed by atoms with Crippen LogP contribution < -0.4 is 41.5 Å². The van der Waals surface area contributed by atoms with Gasteiger partial charge in [0.1, 0.15) is 11.6 Å². The minimum absolute atomic E-state index is 0.463. The summed E-state index contributed by atoms with van der Waals surface area (Å²) in [6, 6.07) is 154. The zero-order valence-electron chi connectivity index (χ0n) is 64.8. The Morgan fingerprint density at radius 1 is 0.175 bits per heavy atom. The standard InChI is InChI=1S/C106H70N12Si2/c1-7-35-75(36-8-1)119(76-37-9-2-10-38-76,77-39-11-3-12-40-77)81-47-31-33-73(65-81)89-69-101(111-103(107-89)114-92-54-24-19-49-83(92)84-50-20-25-55-93(84)114)113-91-53-23-21-51-85(91)86-67-71(62-64-94(86)113)72-61-63-88-100(68-72)116-97-58-28-30-60-99(97)118(106(116)110-88)104-108-90(70-102(112-104)117-98-59-29-27-57-96(98)115-95-56-26-22-52-87(95)109-105(115)117)74-34-32-48-82(66-74)120(78-41-13-4-14-42-78,79-43-15-5-16-44-79)80-45-17-6-18-46-80/h1-70H. The molecule has 0 amide bonds. The van der Waals surface area contributed by atoms with Gasteiger partial charge in [-0.2, -0.15) is 9.97 Å². The van der Waals surface area contributed by atoms with Gasteiger partial charge in [0.25, 0.3) is 0 Å². The molecule has 0 saturated heterocycles. The number of rotatable bonds is 15. The molecule has 24 rings (SSSR count). The highest BCUT2D eigenvalue weighted by atomic mass is 28.3. The van der Waals surface area contributed by atoms with Gasteiger partial charge in [0.15, 0.2) is 16.1 Å². The lowest BCUT2D eigenvalue weighted by Gasteiger charge is -2.34. The fourth-order valence-electron chi connectivity index (χ4n) is 19.4. The van der Waals surface area contributed by atoms with Gasteiger partial charge in [-0.05, 0) is 131 Å². The van der Waals surface area contributed by atoms with Crippen LogP contribution in [0.1, 0.15) is 0 Å². The minimum atomic E-state index is -3.00. The van der Waals surface area contributed by atoms with Gasteiger partial charge in [0, 0.05) is 44.8 Å². The molecule has 562 valence electrons. The van der Waals surface area contributed by atoms with Gasteiger partial charge in [0.2, 0.25) is 23.5 Å². The van der Waals surface area contributed by atoms with Crippen LogP contribution in [0.4, 0.5) is 0 Å². The van der Waals surface area contributed by atoms with Crippen molar-refractivity contribution >= 4 is 157 Å². The summed E-state index contributed by atoms with van der Waals surface area (Å²) in [6.45, 7) is 0. The van der Waals surface area contributed by atoms with E-state index in [4.69, 9.17) is 29.9 Å². The quantitative estimate of drug-likeness (QED) is 0.0748. The Kier molecular flexibility index (Phi) is 15.7. The second-order valence-electron chi connectivity index (χ2n) is 31.0. The zero-order chi connectivity index (χ0) is 79.0. The first-order valence-electron chi connectivity index (χ1n) is 40.7. The maximum absolute atomic E-state index is 5.78. The lowest BCUT2D eigenvalue weighted by molar-refractivity contribution is 0.930. The summed E-state index contributed by atoms with van der Waals surface area (Å²) < 4.78 is 13.5. The van der Waals surface area contributed by atoms with Crippen molar-refractivity contribution in [2.45, 2.75) is 0 Å². The third-order valence-corrected chi connectivity index (χ3v) is 34.1. The molecule has 24 aromatic rings. The number of benzene rings is 16. The highest BCUT2D eigenvalue weighted by molar-refractivity contribution is 7.20. The van der Waals surface area contributed by atoms with Crippen molar-refractivity contribution in [1.29, 1.82) is 0 Å². The van der Waals surface area contributed by atoms with Crippen molar-refractivity contribution < 1.29 is 0 Å². The van der Waals surface area contributed by atoms with Crippen LogP contribution in [-0.4, -0.2) is 73.1 Å². The highest BCUT2D eigenvalue weighted by Crippen LogP contribution is 2.40. The van der Waals surface area contributed by atoms with Crippen molar-refractivity contribution in [2.24, 2.45) is 0 Å². The molecule has 0 spiro atoms. The SMILES string of the molecule is c1ccc([Si](c2ccccc2)(c2ccccc2)c2cccc(-c3cc(-n4c5ccccc5c5cc(-c6ccc7nc8n(-c9nc(-c%10cccc([Si](c%11ccccc%11)(c%11ccccc%11)c%11ccccc%11)c%10)cc(-n%10c%11ccccc%11n%11c%12ccccc%12nc%10%11)n9)c9ccccc9n8c7c6)ccc54)nc(-n4c5ccccc5c5ccccc54)n3)c2)cc1. The Balaban J connectivity index is 0.684. The Bertz CT molecular complexity index is 7930. The third-order valence-electron chi connectivity index (χ3n) is 24.6. The van der Waals surface area contributed by atoms with Crippen molar-refractivity contribution in [2.75, 3.05) is 0 Å². The number of aromatic nitrogens is 12. The Morgan fingerprint density at radius 3 is 0.992 bits per heavy atom. The normalized spacial score (nSPS) is 12.2. The summed E-state index contributed by atoms with van der Waals surface area (Å²) in [5.74, 6) is 3.87. The number of fused-ring (bicyclic) bond motifs is 16. The van der Waals surface area contributed by atoms with E-state index in [0.717, 1.165) is 133 Å². The summed E-state index contributed by atoms with van der Waals surface area (Å²) in [6.07, 6.45) is 0. The van der Waals surface area contributed by atoms with E-state index in [1.807, 2.05) is 6.07 Å². The molecule has 0 aliphatic rings. The molecule has 0 aliphatic carbocycles. The van der Waals surface area contributed by atoms with Crippen LogP contribution >= 0.6 is 0 Å². The van der Waals surface area contributed by atoms with Crippen LogP contribution in [0.3, 0.4) is 0 Å². The molecule has 0 bridgehead atoms. The molecule has 0 saturated carbocycles. The molecule has 8 aromatic heterocycles. The molecular formula is C106H70N12Si2. The van der Waals surface area contributed by atoms with E-state index in [-0.39, 0.29) is 0 Å². The molecule has 0 unspecified atom stereocenters. The van der Waals surface area contributed by atoms with Crippen molar-refractivity contribution in [3.8, 4) is 57.2 Å². The van der Waals surface area contributed by atoms with Crippen LogP contribution in [0.5, 0.6) is 0 Å². The summed E-state index contributed by atoms with van der Waals surface area (Å²) in [5, 5.41) is 14.7. The lowest BCUT2D eigenvalue weighted by Crippen LogP contribution is -2.74. The number of hydrogen-bond acceptors (Lipinski definition) is 6. The number of hydrogen-bond donors (Lipinski definition) is 0. The topological polar surface area (TPSA) is 106 Å². The highest BCUT2D eigenvalue weighted by Gasteiger charge is 2.43. The van der Waals surface area contributed by atoms with Crippen LogP contribution in [-0.2, 0) is 0 Å². The first-order valence-corrected chi connectivity index (χ1v) is 44.7. The zero-order valence-corrected chi connectivity index (χ0v) is 66.8. The second-order valence-corrected chi connectivity index (χ2v) is 38.6. The van der Waals surface area contributed by atoms with Crippen LogP contribution in [0.25, 0.3) is 156 Å². The summed E-state index contributed by atoms with van der Waals surface area (Å²) in [4.78, 5) is 34.0. The van der Waals surface area contributed by atoms with Gasteiger partial charge < -0.3 is 0 Å². The molecule has 0 aliphatic heterocycles. The first-order chi connectivity index (χ1) is 59.5. The van der Waals surface area contributed by atoms with Crippen LogP contribution in [0, 0.1) is 0 Å². The molecular weight excluding hydrogens is 1500 g/mol. The van der Waals surface area contributed by atoms with E-state index >= 15 is 0 Å². The summed E-state index contributed by atoms with van der Waals surface area (Å²) >= 11 is 0. The minimum Gasteiger partial charge on any atom is -0.294 e. The summed E-state index contributed by atoms with van der Waals surface area (Å²) in [7, 11) is -5.97. The van der Waals surface area contributed by atoms with E-state index in [9.17, 15) is 0 Å². The lowest BCUT2D eigenvalue weighted by atomic mass is 10.0. The fourth-order valence-corrected chi connectivity index (χ4v) is 29.0. The molecule has 8 heterocycles. The number of imidazole rings is 4. The van der Waals surface area contributed by atoms with E-state index in [1.165, 1.54) is 41.5 Å². The van der Waals surface area contributed by atoms with Crippen LogP contribution in [0.2, 0.25) is 0 Å².